The van der Waals surface area contributed by atoms with Crippen LogP contribution in [0.3, 0.4) is 0 Å². The monoisotopic (exact) mass is 360 g/mol. The Bertz CT molecular complexity index is 369. The van der Waals surface area contributed by atoms with Crippen molar-refractivity contribution in [3.05, 3.63) is 33.4 Å². The molecular formula is C15H21IO2. The molecular weight excluding hydrogens is 339 g/mol. The zero-order valence-corrected chi connectivity index (χ0v) is 13.4. The molecule has 2 nitrogen and oxygen atoms in total. The second-order valence-electron chi connectivity index (χ2n) is 4.64. The number of rotatable bonds is 6. The Balaban J connectivity index is 2.51. The fourth-order valence-corrected chi connectivity index (χ4v) is 2.34. The summed E-state index contributed by atoms with van der Waals surface area (Å²) in [5.74, 6) is 0.425. The van der Waals surface area contributed by atoms with Crippen molar-refractivity contribution in [2.24, 2.45) is 5.92 Å². The van der Waals surface area contributed by atoms with Crippen LogP contribution in [-0.4, -0.2) is 12.1 Å². The van der Waals surface area contributed by atoms with E-state index in [1.807, 2.05) is 31.2 Å². The maximum atomic E-state index is 11.9. The Labute approximate surface area is 123 Å². The van der Waals surface area contributed by atoms with E-state index in [1.54, 1.807) is 0 Å². The third-order valence-corrected chi connectivity index (χ3v) is 3.93. The minimum Gasteiger partial charge on any atom is -0.459 e. The van der Waals surface area contributed by atoms with Crippen LogP contribution in [0, 0.1) is 9.49 Å². The molecule has 0 aliphatic carbocycles. The fraction of sp³-hybridized carbons (Fsp3) is 0.533. The summed E-state index contributed by atoms with van der Waals surface area (Å²) in [5, 5.41) is 0. The Kier molecular flexibility index (Phi) is 6.68. The van der Waals surface area contributed by atoms with Crippen molar-refractivity contribution < 1.29 is 9.53 Å². The lowest BCUT2D eigenvalue weighted by molar-refractivity contribution is 0.0285. The van der Waals surface area contributed by atoms with Crippen LogP contribution in [0.2, 0.25) is 0 Å². The molecule has 0 aromatic heterocycles. The summed E-state index contributed by atoms with van der Waals surface area (Å²) in [6, 6.07) is 7.47. The van der Waals surface area contributed by atoms with E-state index in [1.165, 1.54) is 0 Å². The quantitative estimate of drug-likeness (QED) is 0.545. The predicted molar refractivity (Wildman–Crippen MR) is 82.7 cm³/mol. The molecule has 0 N–H and O–H groups in total. The van der Waals surface area contributed by atoms with Crippen molar-refractivity contribution in [3.8, 4) is 0 Å². The minimum absolute atomic E-state index is 0.0123. The average Bonchev–Trinajstić information content (AvgIpc) is 2.36. The second kappa shape index (κ2) is 7.77. The smallest absolute Gasteiger partial charge is 0.338 e. The zero-order valence-electron chi connectivity index (χ0n) is 11.3. The van der Waals surface area contributed by atoms with Gasteiger partial charge in [-0.1, -0.05) is 26.7 Å². The topological polar surface area (TPSA) is 26.3 Å². The molecule has 0 spiro atoms. The summed E-state index contributed by atoms with van der Waals surface area (Å²) >= 11 is 2.22. The molecule has 0 saturated carbocycles. The van der Waals surface area contributed by atoms with Gasteiger partial charge in [0.1, 0.15) is 0 Å². The van der Waals surface area contributed by atoms with E-state index in [9.17, 15) is 4.79 Å². The number of hydrogen-bond donors (Lipinski definition) is 0. The van der Waals surface area contributed by atoms with Crippen molar-refractivity contribution in [1.82, 2.24) is 0 Å². The minimum atomic E-state index is -0.218. The second-order valence-corrected chi connectivity index (χ2v) is 5.89. The standard InChI is InChI=1S/C15H21IO2/c1-4-12(5-2)10-11(3)18-15(17)13-6-8-14(16)9-7-13/h6-9,11-12H,4-5,10H2,1-3H3/t11-/m1/s1. The molecule has 0 heterocycles. The summed E-state index contributed by atoms with van der Waals surface area (Å²) in [5.41, 5.74) is 0.631. The van der Waals surface area contributed by atoms with Crippen LogP contribution in [0.25, 0.3) is 0 Å². The van der Waals surface area contributed by atoms with Crippen LogP contribution >= 0.6 is 22.6 Å². The van der Waals surface area contributed by atoms with Gasteiger partial charge in [0.05, 0.1) is 11.7 Å². The number of carbonyl (C=O) groups excluding carboxylic acids is 1. The Morgan fingerprint density at radius 1 is 1.22 bits per heavy atom. The van der Waals surface area contributed by atoms with E-state index in [4.69, 9.17) is 4.74 Å². The van der Waals surface area contributed by atoms with Gasteiger partial charge in [0.25, 0.3) is 0 Å². The number of hydrogen-bond acceptors (Lipinski definition) is 2. The molecule has 0 aliphatic rings. The van der Waals surface area contributed by atoms with Crippen LogP contribution in [0.15, 0.2) is 24.3 Å². The number of benzene rings is 1. The third-order valence-electron chi connectivity index (χ3n) is 3.21. The number of ether oxygens (including phenoxy) is 1. The lowest BCUT2D eigenvalue weighted by Gasteiger charge is -2.18. The van der Waals surface area contributed by atoms with Gasteiger partial charge in [-0.2, -0.15) is 0 Å². The van der Waals surface area contributed by atoms with Gasteiger partial charge in [-0.15, -0.1) is 0 Å². The third kappa shape index (κ3) is 4.96. The first-order chi connectivity index (χ1) is 8.56. The number of carbonyl (C=O) groups is 1. The summed E-state index contributed by atoms with van der Waals surface area (Å²) in [6.07, 6.45) is 3.22. The van der Waals surface area contributed by atoms with Gasteiger partial charge in [0.15, 0.2) is 0 Å². The van der Waals surface area contributed by atoms with Gasteiger partial charge < -0.3 is 4.74 Å². The van der Waals surface area contributed by atoms with Crippen molar-refractivity contribution in [1.29, 1.82) is 0 Å². The summed E-state index contributed by atoms with van der Waals surface area (Å²) in [4.78, 5) is 11.9. The summed E-state index contributed by atoms with van der Waals surface area (Å²) in [7, 11) is 0. The van der Waals surface area contributed by atoms with Gasteiger partial charge in [0.2, 0.25) is 0 Å². The van der Waals surface area contributed by atoms with Gasteiger partial charge in [-0.25, -0.2) is 4.79 Å². The highest BCUT2D eigenvalue weighted by Crippen LogP contribution is 2.18. The molecule has 18 heavy (non-hydrogen) atoms. The van der Waals surface area contributed by atoms with E-state index in [2.05, 4.69) is 36.4 Å². The van der Waals surface area contributed by atoms with E-state index < -0.39 is 0 Å². The van der Waals surface area contributed by atoms with Crippen molar-refractivity contribution >= 4 is 28.6 Å². The molecule has 0 unspecified atom stereocenters. The molecule has 1 aromatic rings. The molecule has 100 valence electrons. The van der Waals surface area contributed by atoms with Crippen LogP contribution in [0.1, 0.15) is 50.4 Å². The molecule has 1 aromatic carbocycles. The molecule has 1 atom stereocenters. The van der Waals surface area contributed by atoms with Gasteiger partial charge in [-0.3, -0.25) is 0 Å². The van der Waals surface area contributed by atoms with E-state index in [0.29, 0.717) is 11.5 Å². The summed E-state index contributed by atoms with van der Waals surface area (Å²) in [6.45, 7) is 6.34. The summed E-state index contributed by atoms with van der Waals surface area (Å²) < 4.78 is 6.59. The first kappa shape index (κ1) is 15.5. The Hall–Kier alpha value is -0.580. The number of halogens is 1. The molecule has 0 fully saturated rings. The highest BCUT2D eigenvalue weighted by Gasteiger charge is 2.15. The first-order valence-electron chi connectivity index (χ1n) is 6.53. The van der Waals surface area contributed by atoms with Crippen molar-refractivity contribution in [2.75, 3.05) is 0 Å². The molecule has 0 radical (unpaired) electrons. The first-order valence-corrected chi connectivity index (χ1v) is 7.61. The van der Waals surface area contributed by atoms with Gasteiger partial charge in [-0.05, 0) is 66.1 Å². The van der Waals surface area contributed by atoms with Crippen LogP contribution in [-0.2, 0) is 4.74 Å². The van der Waals surface area contributed by atoms with E-state index >= 15 is 0 Å². The van der Waals surface area contributed by atoms with Crippen LogP contribution in [0.5, 0.6) is 0 Å². The Morgan fingerprint density at radius 3 is 2.28 bits per heavy atom. The Morgan fingerprint density at radius 2 is 1.78 bits per heavy atom. The highest BCUT2D eigenvalue weighted by molar-refractivity contribution is 14.1. The van der Waals surface area contributed by atoms with E-state index in [0.717, 1.165) is 22.8 Å². The largest absolute Gasteiger partial charge is 0.459 e. The van der Waals surface area contributed by atoms with Crippen LogP contribution in [0.4, 0.5) is 0 Å². The van der Waals surface area contributed by atoms with Crippen molar-refractivity contribution in [3.63, 3.8) is 0 Å². The van der Waals surface area contributed by atoms with Crippen molar-refractivity contribution in [2.45, 2.75) is 46.1 Å². The zero-order chi connectivity index (χ0) is 13.5. The van der Waals surface area contributed by atoms with Gasteiger partial charge in [0, 0.05) is 3.57 Å². The molecule has 0 amide bonds. The maximum absolute atomic E-state index is 11.9. The molecule has 0 bridgehead atoms. The maximum Gasteiger partial charge on any atom is 0.338 e. The van der Waals surface area contributed by atoms with Crippen LogP contribution < -0.4 is 0 Å². The predicted octanol–water partition coefficient (Wildman–Crippen LogP) is 4.66. The molecule has 1 rings (SSSR count). The molecule has 3 heteroatoms. The van der Waals surface area contributed by atoms with E-state index in [-0.39, 0.29) is 12.1 Å². The average molecular weight is 360 g/mol. The number of esters is 1. The normalized spacial score (nSPS) is 12.5. The fourth-order valence-electron chi connectivity index (χ4n) is 1.98. The highest BCUT2D eigenvalue weighted by atomic mass is 127. The molecule has 0 saturated heterocycles. The SMILES string of the molecule is CCC(CC)C[C@@H](C)OC(=O)c1ccc(I)cc1. The van der Waals surface area contributed by atoms with Gasteiger partial charge >= 0.3 is 5.97 Å². The lowest BCUT2D eigenvalue weighted by atomic mass is 9.97. The molecule has 0 aliphatic heterocycles. The lowest BCUT2D eigenvalue weighted by Crippen LogP contribution is -2.18.